The summed E-state index contributed by atoms with van der Waals surface area (Å²) in [6.07, 6.45) is -2.56. The van der Waals surface area contributed by atoms with Gasteiger partial charge in [-0.1, -0.05) is 50.2 Å². The first-order valence-corrected chi connectivity index (χ1v) is 13.5. The SMILES string of the molecule is CNC(=O)C[C@]1(C(=O)O)CC(=O)OB([C@H](CC(C)C)NC(=O)[C@@H](NC(=O)c2cccc(-c3ccccc3)n2)[C@@H](C)O)O1. The van der Waals surface area contributed by atoms with Crippen molar-refractivity contribution >= 4 is 36.8 Å². The Balaban J connectivity index is 1.82. The predicted molar refractivity (Wildman–Crippen MR) is 151 cm³/mol. The van der Waals surface area contributed by atoms with Crippen LogP contribution in [0.15, 0.2) is 48.5 Å². The van der Waals surface area contributed by atoms with E-state index >= 15 is 0 Å². The molecule has 0 radical (unpaired) electrons. The number of aliphatic hydroxyl groups is 1. The van der Waals surface area contributed by atoms with E-state index in [1.807, 2.05) is 44.2 Å². The van der Waals surface area contributed by atoms with Gasteiger partial charge < -0.3 is 35.5 Å². The van der Waals surface area contributed by atoms with Crippen LogP contribution in [0.3, 0.4) is 0 Å². The van der Waals surface area contributed by atoms with Gasteiger partial charge in [-0.2, -0.15) is 0 Å². The van der Waals surface area contributed by atoms with Gasteiger partial charge in [0.05, 0.1) is 30.6 Å². The molecule has 0 saturated carbocycles. The first kappa shape index (κ1) is 32.2. The Hall–Kier alpha value is -4.30. The average molecular weight is 582 g/mol. The van der Waals surface area contributed by atoms with Gasteiger partial charge >= 0.3 is 13.1 Å². The van der Waals surface area contributed by atoms with Crippen molar-refractivity contribution in [2.45, 2.75) is 63.7 Å². The third-order valence-corrected chi connectivity index (χ3v) is 6.62. The predicted octanol–water partition coefficient (Wildman–Crippen LogP) is 0.709. The molecule has 2 heterocycles. The van der Waals surface area contributed by atoms with Gasteiger partial charge in [-0.25, -0.2) is 9.78 Å². The molecule has 3 rings (SSSR count). The lowest BCUT2D eigenvalue weighted by molar-refractivity contribution is -0.172. The van der Waals surface area contributed by atoms with Gasteiger partial charge in [0, 0.05) is 12.6 Å². The summed E-state index contributed by atoms with van der Waals surface area (Å²) in [4.78, 5) is 67.6. The fraction of sp³-hybridized carbons (Fsp3) is 0.429. The lowest BCUT2D eigenvalue weighted by Gasteiger charge is -2.38. The number of hydrogen-bond acceptors (Lipinski definition) is 9. The quantitative estimate of drug-likeness (QED) is 0.223. The van der Waals surface area contributed by atoms with E-state index in [1.54, 1.807) is 12.1 Å². The van der Waals surface area contributed by atoms with E-state index in [-0.39, 0.29) is 18.0 Å². The zero-order valence-corrected chi connectivity index (χ0v) is 23.8. The molecular weight excluding hydrogens is 547 g/mol. The zero-order chi connectivity index (χ0) is 31.0. The van der Waals surface area contributed by atoms with Crippen molar-refractivity contribution in [2.24, 2.45) is 5.92 Å². The number of aliphatic hydroxyl groups excluding tert-OH is 1. The normalized spacial score (nSPS) is 18.8. The molecule has 2 aromatic rings. The molecule has 13 nitrogen and oxygen atoms in total. The fourth-order valence-electron chi connectivity index (χ4n) is 4.48. The van der Waals surface area contributed by atoms with Crippen LogP contribution >= 0.6 is 0 Å². The Bertz CT molecular complexity index is 1310. The summed E-state index contributed by atoms with van der Waals surface area (Å²) in [6, 6.07) is 12.6. The Morgan fingerprint density at radius 1 is 1.05 bits per heavy atom. The Kier molecular flexibility index (Phi) is 10.8. The Morgan fingerprint density at radius 2 is 1.74 bits per heavy atom. The maximum absolute atomic E-state index is 13.4. The number of benzene rings is 1. The summed E-state index contributed by atoms with van der Waals surface area (Å²) in [6.45, 7) is 4.95. The number of pyridine rings is 1. The number of nitrogens with zero attached hydrogens (tertiary/aromatic N) is 1. The van der Waals surface area contributed by atoms with Crippen molar-refractivity contribution in [1.82, 2.24) is 20.9 Å². The van der Waals surface area contributed by atoms with Gasteiger partial charge in [0.2, 0.25) is 11.8 Å². The molecule has 42 heavy (non-hydrogen) atoms. The van der Waals surface area contributed by atoms with E-state index in [1.165, 1.54) is 20.0 Å². The maximum Gasteiger partial charge on any atom is 0.552 e. The highest BCUT2D eigenvalue weighted by molar-refractivity contribution is 6.50. The minimum Gasteiger partial charge on any atom is -0.508 e. The van der Waals surface area contributed by atoms with Crippen molar-refractivity contribution < 1.29 is 43.5 Å². The van der Waals surface area contributed by atoms with E-state index in [0.29, 0.717) is 5.69 Å². The number of hydrogen-bond donors (Lipinski definition) is 5. The number of nitrogens with one attached hydrogen (secondary N) is 3. The van der Waals surface area contributed by atoms with Gasteiger partial charge in [-0.15, -0.1) is 0 Å². The average Bonchev–Trinajstić information content (AvgIpc) is 2.95. The minimum atomic E-state index is -2.21. The van der Waals surface area contributed by atoms with Crippen molar-refractivity contribution in [1.29, 1.82) is 0 Å². The summed E-state index contributed by atoms with van der Waals surface area (Å²) < 4.78 is 11.0. The number of rotatable bonds is 12. The molecule has 4 atom stereocenters. The van der Waals surface area contributed by atoms with Crippen LogP contribution in [0.25, 0.3) is 11.3 Å². The van der Waals surface area contributed by atoms with Crippen molar-refractivity contribution in [3.05, 3.63) is 54.2 Å². The second-order valence-corrected chi connectivity index (χ2v) is 10.5. The standard InChI is InChI=1S/C28H35BN4O9/c1-16(2)13-21(29-41-23(36)15-28(42-29,27(39)40)14-22(35)30-4)32-26(38)24(17(3)34)33-25(37)20-12-8-11-19(31-20)18-9-6-5-7-10-18/h5-12,16-17,21,24,34H,13-15H2,1-4H3,(H,30,35)(H,32,38)(H,33,37)(H,39,40)/t17-,21+,24+,28-/m1/s1. The first-order valence-electron chi connectivity index (χ1n) is 13.5. The van der Waals surface area contributed by atoms with Crippen molar-refractivity contribution in [3.63, 3.8) is 0 Å². The van der Waals surface area contributed by atoms with Gasteiger partial charge in [-0.3, -0.25) is 19.2 Å². The van der Waals surface area contributed by atoms with Crippen molar-refractivity contribution in [2.75, 3.05) is 7.05 Å². The Labute approximate surface area is 243 Å². The number of carboxylic acid groups (broad SMARTS) is 1. The highest BCUT2D eigenvalue weighted by Crippen LogP contribution is 2.30. The maximum atomic E-state index is 13.4. The molecule has 1 aliphatic rings. The number of aromatic nitrogens is 1. The molecule has 14 heteroatoms. The number of carboxylic acids is 1. The molecule has 5 N–H and O–H groups in total. The summed E-state index contributed by atoms with van der Waals surface area (Å²) in [5.41, 5.74) is -0.885. The van der Waals surface area contributed by atoms with Crippen LogP contribution < -0.4 is 16.0 Å². The monoisotopic (exact) mass is 582 g/mol. The fourth-order valence-corrected chi connectivity index (χ4v) is 4.48. The summed E-state index contributed by atoms with van der Waals surface area (Å²) in [5, 5.41) is 27.7. The topological polar surface area (TPSA) is 193 Å². The Morgan fingerprint density at radius 3 is 2.33 bits per heavy atom. The molecule has 0 unspecified atom stereocenters. The highest BCUT2D eigenvalue weighted by Gasteiger charge is 2.54. The van der Waals surface area contributed by atoms with E-state index in [4.69, 9.17) is 9.31 Å². The molecule has 1 fully saturated rings. The number of carbonyl (C=O) groups is 5. The van der Waals surface area contributed by atoms with Crippen LogP contribution in [0.2, 0.25) is 0 Å². The number of amides is 3. The largest absolute Gasteiger partial charge is 0.552 e. The number of aliphatic carboxylic acids is 1. The lowest BCUT2D eigenvalue weighted by atomic mass is 9.70. The van der Waals surface area contributed by atoms with E-state index < -0.39 is 73.3 Å². The van der Waals surface area contributed by atoms with Crippen LogP contribution in [-0.2, 0) is 28.5 Å². The summed E-state index contributed by atoms with van der Waals surface area (Å²) in [5.74, 6) is -5.86. The van der Waals surface area contributed by atoms with E-state index in [9.17, 15) is 34.2 Å². The van der Waals surface area contributed by atoms with Crippen LogP contribution in [0, 0.1) is 5.92 Å². The molecule has 224 valence electrons. The van der Waals surface area contributed by atoms with Crippen LogP contribution in [0.5, 0.6) is 0 Å². The molecule has 0 bridgehead atoms. The molecule has 1 aliphatic heterocycles. The molecular formula is C28H35BN4O9. The third kappa shape index (κ3) is 8.14. The lowest BCUT2D eigenvalue weighted by Crippen LogP contribution is -2.63. The second kappa shape index (κ2) is 14.1. The summed E-state index contributed by atoms with van der Waals surface area (Å²) in [7, 11) is -0.246. The van der Waals surface area contributed by atoms with Crippen molar-refractivity contribution in [3.8, 4) is 11.3 Å². The van der Waals surface area contributed by atoms with E-state index in [0.717, 1.165) is 5.56 Å². The summed E-state index contributed by atoms with van der Waals surface area (Å²) >= 11 is 0. The molecule has 1 saturated heterocycles. The minimum absolute atomic E-state index is 0.0125. The van der Waals surface area contributed by atoms with Gasteiger partial charge in [0.15, 0.2) is 5.60 Å². The zero-order valence-electron chi connectivity index (χ0n) is 23.8. The van der Waals surface area contributed by atoms with Gasteiger partial charge in [-0.05, 0) is 31.4 Å². The molecule has 1 aromatic heterocycles. The molecule has 1 aromatic carbocycles. The smallest absolute Gasteiger partial charge is 0.508 e. The van der Waals surface area contributed by atoms with Gasteiger partial charge in [0.1, 0.15) is 11.7 Å². The van der Waals surface area contributed by atoms with Crippen LogP contribution in [0.1, 0.15) is 50.5 Å². The number of carbonyl (C=O) groups excluding carboxylic acids is 4. The van der Waals surface area contributed by atoms with Crippen LogP contribution in [-0.4, -0.2) is 82.7 Å². The molecule has 3 amide bonds. The van der Waals surface area contributed by atoms with E-state index in [2.05, 4.69) is 20.9 Å². The van der Waals surface area contributed by atoms with Crippen LogP contribution in [0.4, 0.5) is 0 Å². The highest BCUT2D eigenvalue weighted by atomic mass is 16.6. The second-order valence-electron chi connectivity index (χ2n) is 10.5. The third-order valence-electron chi connectivity index (χ3n) is 6.62. The molecule has 0 spiro atoms. The molecule has 0 aliphatic carbocycles. The van der Waals surface area contributed by atoms with Gasteiger partial charge in [0.25, 0.3) is 11.9 Å². The first-order chi connectivity index (χ1) is 19.8.